The van der Waals surface area contributed by atoms with Crippen molar-refractivity contribution in [1.82, 2.24) is 9.62 Å². The largest absolute Gasteiger partial charge is 0.305 e. The van der Waals surface area contributed by atoms with Crippen LogP contribution in [0.2, 0.25) is 0 Å². The number of nitrogens with zero attached hydrogens (tertiary/aromatic N) is 1. The summed E-state index contributed by atoms with van der Waals surface area (Å²) in [7, 11) is -1.55. The van der Waals surface area contributed by atoms with Crippen LogP contribution in [0.4, 0.5) is 0 Å². The van der Waals surface area contributed by atoms with Gasteiger partial charge in [-0.3, -0.25) is 0 Å². The third-order valence-corrected chi connectivity index (χ3v) is 2.62. The molecule has 1 atom stereocenters. The predicted molar refractivity (Wildman–Crippen MR) is 46.8 cm³/mol. The van der Waals surface area contributed by atoms with Gasteiger partial charge in [-0.25, -0.2) is 5.14 Å². The van der Waals surface area contributed by atoms with Gasteiger partial charge in [0.25, 0.3) is 10.2 Å². The summed E-state index contributed by atoms with van der Waals surface area (Å²) in [6.45, 7) is 1.78. The molecule has 6 heteroatoms. The Bertz CT molecular complexity index is 239. The Labute approximate surface area is 73.1 Å². The molecule has 0 saturated carbocycles. The monoisotopic (exact) mass is 193 g/mol. The Morgan fingerprint density at radius 2 is 2.25 bits per heavy atom. The van der Waals surface area contributed by atoms with E-state index in [0.29, 0.717) is 0 Å². The highest BCUT2D eigenvalue weighted by molar-refractivity contribution is 7.87. The van der Waals surface area contributed by atoms with Gasteiger partial charge in [-0.1, -0.05) is 0 Å². The summed E-state index contributed by atoms with van der Waals surface area (Å²) in [4.78, 5) is 2.09. The number of likely N-dealkylation sites (tertiary alicyclic amines) is 1. The Hall–Kier alpha value is -0.170. The first-order valence-corrected chi connectivity index (χ1v) is 5.50. The van der Waals surface area contributed by atoms with Crippen LogP contribution >= 0.6 is 0 Å². The first-order chi connectivity index (χ1) is 5.47. The van der Waals surface area contributed by atoms with Crippen LogP contribution in [-0.4, -0.2) is 39.5 Å². The fourth-order valence-electron chi connectivity index (χ4n) is 1.49. The highest BCUT2D eigenvalue weighted by Crippen LogP contribution is 2.07. The van der Waals surface area contributed by atoms with Crippen LogP contribution in [0.1, 0.15) is 12.8 Å². The molecule has 5 nitrogen and oxygen atoms in total. The number of rotatable bonds is 2. The molecule has 0 aromatic carbocycles. The van der Waals surface area contributed by atoms with Crippen molar-refractivity contribution in [2.24, 2.45) is 5.14 Å². The van der Waals surface area contributed by atoms with Crippen molar-refractivity contribution in [1.29, 1.82) is 0 Å². The summed E-state index contributed by atoms with van der Waals surface area (Å²) in [5, 5.41) is 4.85. The number of nitrogens with one attached hydrogen (secondary N) is 1. The van der Waals surface area contributed by atoms with Crippen LogP contribution in [0.5, 0.6) is 0 Å². The maximum Gasteiger partial charge on any atom is 0.274 e. The molecule has 0 amide bonds. The lowest BCUT2D eigenvalue weighted by molar-refractivity contribution is 0.242. The molecule has 3 N–H and O–H groups in total. The lowest BCUT2D eigenvalue weighted by Gasteiger charge is -2.29. The zero-order valence-electron chi connectivity index (χ0n) is 7.16. The van der Waals surface area contributed by atoms with Crippen molar-refractivity contribution in [2.45, 2.75) is 18.9 Å². The maximum absolute atomic E-state index is 10.7. The minimum Gasteiger partial charge on any atom is -0.305 e. The fourth-order valence-corrected chi connectivity index (χ4v) is 2.15. The summed E-state index contributed by atoms with van der Waals surface area (Å²) in [6.07, 6.45) is 1.89. The van der Waals surface area contributed by atoms with Crippen LogP contribution in [-0.2, 0) is 10.2 Å². The van der Waals surface area contributed by atoms with E-state index in [4.69, 9.17) is 5.14 Å². The van der Waals surface area contributed by atoms with Gasteiger partial charge in [0.2, 0.25) is 0 Å². The van der Waals surface area contributed by atoms with E-state index in [-0.39, 0.29) is 6.04 Å². The molecule has 1 saturated heterocycles. The molecule has 0 aliphatic carbocycles. The van der Waals surface area contributed by atoms with Crippen LogP contribution in [0, 0.1) is 0 Å². The predicted octanol–water partition coefficient (Wildman–Crippen LogP) is -1.13. The smallest absolute Gasteiger partial charge is 0.274 e. The maximum atomic E-state index is 10.7. The molecule has 0 aromatic rings. The fraction of sp³-hybridized carbons (Fsp3) is 1.00. The number of hydrogen-bond acceptors (Lipinski definition) is 3. The van der Waals surface area contributed by atoms with E-state index in [1.807, 2.05) is 7.05 Å². The molecule has 1 heterocycles. The molecule has 1 aliphatic rings. The van der Waals surface area contributed by atoms with E-state index in [2.05, 4.69) is 9.62 Å². The summed E-state index contributed by atoms with van der Waals surface area (Å²) in [5.74, 6) is 0. The van der Waals surface area contributed by atoms with Gasteiger partial charge in [0.1, 0.15) is 0 Å². The molecule has 1 fully saturated rings. The average molecular weight is 193 g/mol. The molecule has 12 heavy (non-hydrogen) atoms. The van der Waals surface area contributed by atoms with Crippen LogP contribution in [0.3, 0.4) is 0 Å². The van der Waals surface area contributed by atoms with E-state index in [0.717, 1.165) is 25.9 Å². The van der Waals surface area contributed by atoms with Crippen LogP contribution in [0.15, 0.2) is 0 Å². The van der Waals surface area contributed by atoms with Crippen molar-refractivity contribution in [3.05, 3.63) is 0 Å². The molecule has 1 unspecified atom stereocenters. The van der Waals surface area contributed by atoms with Gasteiger partial charge in [0.05, 0.1) is 0 Å². The first-order valence-electron chi connectivity index (χ1n) is 3.96. The second-order valence-corrected chi connectivity index (χ2v) is 4.59. The molecule has 1 rings (SSSR count). The van der Waals surface area contributed by atoms with Crippen molar-refractivity contribution < 1.29 is 8.42 Å². The SMILES string of the molecule is CN1CCCC(NS(N)(=O)=O)C1. The van der Waals surface area contributed by atoms with Gasteiger partial charge in [-0.2, -0.15) is 13.1 Å². The molecule has 0 aromatic heterocycles. The van der Waals surface area contributed by atoms with E-state index in [1.165, 1.54) is 0 Å². The van der Waals surface area contributed by atoms with Crippen LogP contribution in [0.25, 0.3) is 0 Å². The topological polar surface area (TPSA) is 75.4 Å². The minimum absolute atomic E-state index is 0.0150. The summed E-state index contributed by atoms with van der Waals surface area (Å²) >= 11 is 0. The van der Waals surface area contributed by atoms with Crippen molar-refractivity contribution in [2.75, 3.05) is 20.1 Å². The molecule has 0 radical (unpaired) electrons. The molecule has 0 bridgehead atoms. The van der Waals surface area contributed by atoms with Gasteiger partial charge in [-0.15, -0.1) is 0 Å². The number of piperidine rings is 1. The Balaban J connectivity index is 2.43. The van der Waals surface area contributed by atoms with Gasteiger partial charge in [-0.05, 0) is 26.4 Å². The Morgan fingerprint density at radius 1 is 1.58 bits per heavy atom. The lowest BCUT2D eigenvalue weighted by atomic mass is 10.1. The number of hydrogen-bond donors (Lipinski definition) is 2. The zero-order chi connectivity index (χ0) is 9.19. The van der Waals surface area contributed by atoms with Gasteiger partial charge >= 0.3 is 0 Å². The Morgan fingerprint density at radius 3 is 2.75 bits per heavy atom. The molecular formula is C6H15N3O2S. The molecular weight excluding hydrogens is 178 g/mol. The minimum atomic E-state index is -3.52. The third kappa shape index (κ3) is 3.48. The highest BCUT2D eigenvalue weighted by Gasteiger charge is 2.19. The number of likely N-dealkylation sites (N-methyl/N-ethyl adjacent to an activating group) is 1. The van der Waals surface area contributed by atoms with E-state index in [9.17, 15) is 8.42 Å². The van der Waals surface area contributed by atoms with Crippen LogP contribution < -0.4 is 9.86 Å². The zero-order valence-corrected chi connectivity index (χ0v) is 7.97. The summed E-state index contributed by atoms with van der Waals surface area (Å²) in [5.41, 5.74) is 0. The molecule has 0 spiro atoms. The summed E-state index contributed by atoms with van der Waals surface area (Å²) in [6, 6.07) is -0.0150. The van der Waals surface area contributed by atoms with E-state index in [1.54, 1.807) is 0 Å². The third-order valence-electron chi connectivity index (χ3n) is 1.96. The Kier molecular flexibility index (Phi) is 3.05. The molecule has 72 valence electrons. The molecule has 1 aliphatic heterocycles. The van der Waals surface area contributed by atoms with Gasteiger partial charge < -0.3 is 4.90 Å². The normalized spacial score (nSPS) is 27.3. The second-order valence-electron chi connectivity index (χ2n) is 3.26. The lowest BCUT2D eigenvalue weighted by Crippen LogP contribution is -2.48. The average Bonchev–Trinajstić information content (AvgIpc) is 1.82. The van der Waals surface area contributed by atoms with Gasteiger partial charge in [0, 0.05) is 12.6 Å². The van der Waals surface area contributed by atoms with Crippen molar-refractivity contribution in [3.63, 3.8) is 0 Å². The highest BCUT2D eigenvalue weighted by atomic mass is 32.2. The summed E-state index contributed by atoms with van der Waals surface area (Å²) < 4.78 is 23.7. The van der Waals surface area contributed by atoms with Crippen molar-refractivity contribution in [3.8, 4) is 0 Å². The van der Waals surface area contributed by atoms with Gasteiger partial charge in [0.15, 0.2) is 0 Å². The first kappa shape index (κ1) is 9.91. The standard InChI is InChI=1S/C6H15N3O2S/c1-9-4-2-3-6(5-9)8-12(7,10)11/h6,8H,2-5H2,1H3,(H2,7,10,11). The second kappa shape index (κ2) is 3.69. The van der Waals surface area contributed by atoms with E-state index >= 15 is 0 Å². The quantitative estimate of drug-likeness (QED) is 0.583. The van der Waals surface area contributed by atoms with E-state index < -0.39 is 10.2 Å². The number of nitrogens with two attached hydrogens (primary N) is 1. The van der Waals surface area contributed by atoms with Crippen molar-refractivity contribution >= 4 is 10.2 Å².